The Kier molecular flexibility index (Phi) is 7.05. The maximum Gasteiger partial charge on any atom is 0.340 e. The first kappa shape index (κ1) is 24.9. The Balaban J connectivity index is 1.87. The lowest BCUT2D eigenvalue weighted by molar-refractivity contribution is 0.0458. The van der Waals surface area contributed by atoms with Crippen LogP contribution in [0.4, 0.5) is 0 Å². The standard InChI is InChI=1S/C28H29N3O5/c1-17(2)15-36-27(33)22-18(3)29-25-24(26(32)31(5)28(34)30(25)4)23(22)20-11-13-21(14-12-20)35-16-19-9-7-6-8-10-19/h6-14,17H,15-16H2,1-5H3. The van der Waals surface area contributed by atoms with E-state index in [1.54, 1.807) is 38.2 Å². The summed E-state index contributed by atoms with van der Waals surface area (Å²) in [6, 6.07) is 17.0. The van der Waals surface area contributed by atoms with E-state index in [2.05, 4.69) is 4.98 Å². The summed E-state index contributed by atoms with van der Waals surface area (Å²) < 4.78 is 13.8. The summed E-state index contributed by atoms with van der Waals surface area (Å²) in [6.07, 6.45) is 0. The minimum Gasteiger partial charge on any atom is -0.489 e. The van der Waals surface area contributed by atoms with Gasteiger partial charge >= 0.3 is 11.7 Å². The van der Waals surface area contributed by atoms with E-state index in [4.69, 9.17) is 9.47 Å². The third-order valence-electron chi connectivity index (χ3n) is 5.91. The molecule has 4 rings (SSSR count). The minimum absolute atomic E-state index is 0.140. The predicted octanol–water partition coefficient (Wildman–Crippen LogP) is 4.00. The zero-order valence-electron chi connectivity index (χ0n) is 21.1. The van der Waals surface area contributed by atoms with Crippen molar-refractivity contribution in [1.82, 2.24) is 14.1 Å². The van der Waals surface area contributed by atoms with E-state index in [0.717, 1.165) is 10.1 Å². The van der Waals surface area contributed by atoms with Gasteiger partial charge in [-0.25, -0.2) is 14.6 Å². The third kappa shape index (κ3) is 4.79. The van der Waals surface area contributed by atoms with Gasteiger partial charge in [0.05, 0.1) is 23.3 Å². The van der Waals surface area contributed by atoms with Gasteiger partial charge in [-0.05, 0) is 36.1 Å². The molecule has 186 valence electrons. The number of fused-ring (bicyclic) bond motifs is 1. The number of aromatic nitrogens is 3. The van der Waals surface area contributed by atoms with Crippen LogP contribution in [0.3, 0.4) is 0 Å². The van der Waals surface area contributed by atoms with Gasteiger partial charge < -0.3 is 9.47 Å². The molecule has 2 aromatic carbocycles. The molecule has 0 unspecified atom stereocenters. The minimum atomic E-state index is -0.564. The second-order valence-corrected chi connectivity index (χ2v) is 9.14. The molecule has 0 N–H and O–H groups in total. The van der Waals surface area contributed by atoms with Crippen LogP contribution in [0.2, 0.25) is 0 Å². The Labute approximate surface area is 208 Å². The highest BCUT2D eigenvalue weighted by Gasteiger charge is 2.26. The largest absolute Gasteiger partial charge is 0.489 e. The average Bonchev–Trinajstić information content (AvgIpc) is 2.88. The molecule has 0 radical (unpaired) electrons. The van der Waals surface area contributed by atoms with Crippen LogP contribution in [0.25, 0.3) is 22.2 Å². The van der Waals surface area contributed by atoms with E-state index >= 15 is 0 Å². The Bertz CT molecular complexity index is 1530. The van der Waals surface area contributed by atoms with E-state index in [-0.39, 0.29) is 29.1 Å². The van der Waals surface area contributed by atoms with Crippen molar-refractivity contribution in [2.75, 3.05) is 6.61 Å². The lowest BCUT2D eigenvalue weighted by Gasteiger charge is -2.17. The lowest BCUT2D eigenvalue weighted by atomic mass is 9.95. The monoisotopic (exact) mass is 487 g/mol. The molecule has 2 heterocycles. The smallest absolute Gasteiger partial charge is 0.340 e. The van der Waals surface area contributed by atoms with Gasteiger partial charge in [0.15, 0.2) is 0 Å². The van der Waals surface area contributed by atoms with Crippen LogP contribution in [0.5, 0.6) is 5.75 Å². The SMILES string of the molecule is Cc1nc2c(c(-c3ccc(OCc4ccccc4)cc3)c1C(=O)OCC(C)C)c(=O)n(C)c(=O)n2C. The van der Waals surface area contributed by atoms with Gasteiger partial charge in [-0.3, -0.25) is 13.9 Å². The fourth-order valence-corrected chi connectivity index (χ4v) is 4.02. The van der Waals surface area contributed by atoms with Crippen molar-refractivity contribution in [3.05, 3.63) is 92.3 Å². The molecule has 0 aliphatic rings. The van der Waals surface area contributed by atoms with Crippen LogP contribution in [0.15, 0.2) is 64.2 Å². The van der Waals surface area contributed by atoms with E-state index in [9.17, 15) is 14.4 Å². The Morgan fingerprint density at radius 2 is 1.64 bits per heavy atom. The number of carbonyl (C=O) groups excluding carboxylic acids is 1. The van der Waals surface area contributed by atoms with Crippen molar-refractivity contribution in [2.24, 2.45) is 20.0 Å². The molecule has 0 saturated heterocycles. The van der Waals surface area contributed by atoms with Crippen molar-refractivity contribution < 1.29 is 14.3 Å². The lowest BCUT2D eigenvalue weighted by Crippen LogP contribution is -2.38. The van der Waals surface area contributed by atoms with Gasteiger partial charge in [0.1, 0.15) is 18.0 Å². The van der Waals surface area contributed by atoms with Gasteiger partial charge in [-0.2, -0.15) is 0 Å². The fourth-order valence-electron chi connectivity index (χ4n) is 4.02. The molecule has 0 spiro atoms. The van der Waals surface area contributed by atoms with E-state index in [1.807, 2.05) is 44.2 Å². The van der Waals surface area contributed by atoms with Crippen LogP contribution in [0, 0.1) is 12.8 Å². The summed E-state index contributed by atoms with van der Waals surface area (Å²) in [7, 11) is 2.96. The molecular weight excluding hydrogens is 458 g/mol. The molecule has 8 nitrogen and oxygen atoms in total. The number of esters is 1. The highest BCUT2D eigenvalue weighted by atomic mass is 16.5. The quantitative estimate of drug-likeness (QED) is 0.366. The Hall–Kier alpha value is -4.20. The number of aryl methyl sites for hydroxylation is 2. The van der Waals surface area contributed by atoms with Crippen LogP contribution in [-0.2, 0) is 25.4 Å². The van der Waals surface area contributed by atoms with E-state index in [1.165, 1.54) is 11.6 Å². The second kappa shape index (κ2) is 10.2. The normalized spacial score (nSPS) is 11.2. The van der Waals surface area contributed by atoms with Crippen LogP contribution in [0.1, 0.15) is 35.5 Å². The third-order valence-corrected chi connectivity index (χ3v) is 5.91. The molecule has 4 aromatic rings. The topological polar surface area (TPSA) is 92.4 Å². The number of nitrogens with zero attached hydrogens (tertiary/aromatic N) is 3. The van der Waals surface area contributed by atoms with Gasteiger partial charge in [0.2, 0.25) is 0 Å². The van der Waals surface area contributed by atoms with Crippen molar-refractivity contribution in [1.29, 1.82) is 0 Å². The van der Waals surface area contributed by atoms with Gasteiger partial charge in [-0.1, -0.05) is 56.3 Å². The molecule has 36 heavy (non-hydrogen) atoms. The summed E-state index contributed by atoms with van der Waals surface area (Å²) in [4.78, 5) is 43.6. The number of rotatable bonds is 7. The summed E-state index contributed by atoms with van der Waals surface area (Å²) in [5, 5.41) is 0.180. The summed E-state index contributed by atoms with van der Waals surface area (Å²) >= 11 is 0. The second-order valence-electron chi connectivity index (χ2n) is 9.14. The summed E-state index contributed by atoms with van der Waals surface area (Å²) in [6.45, 7) is 6.20. The average molecular weight is 488 g/mol. The van der Waals surface area contributed by atoms with Gasteiger partial charge in [-0.15, -0.1) is 0 Å². The number of pyridine rings is 1. The molecule has 0 aliphatic heterocycles. The molecule has 8 heteroatoms. The summed E-state index contributed by atoms with van der Waals surface area (Å²) in [5.41, 5.74) is 1.80. The van der Waals surface area contributed by atoms with Crippen molar-refractivity contribution >= 4 is 17.0 Å². The maximum atomic E-state index is 13.3. The molecule has 0 aliphatic carbocycles. The fraction of sp³-hybridized carbons (Fsp3) is 0.286. The Morgan fingerprint density at radius 1 is 0.972 bits per heavy atom. The highest BCUT2D eigenvalue weighted by molar-refractivity contribution is 6.07. The molecular formula is C28H29N3O5. The highest BCUT2D eigenvalue weighted by Crippen LogP contribution is 2.33. The van der Waals surface area contributed by atoms with Crippen LogP contribution < -0.4 is 16.0 Å². The van der Waals surface area contributed by atoms with Gasteiger partial charge in [0.25, 0.3) is 5.56 Å². The molecule has 0 amide bonds. The zero-order valence-corrected chi connectivity index (χ0v) is 21.1. The zero-order chi connectivity index (χ0) is 26.0. The number of benzene rings is 2. The molecule has 2 aromatic heterocycles. The first-order valence-electron chi connectivity index (χ1n) is 11.7. The van der Waals surface area contributed by atoms with Crippen LogP contribution in [-0.4, -0.2) is 26.7 Å². The molecule has 0 atom stereocenters. The maximum absolute atomic E-state index is 13.3. The Morgan fingerprint density at radius 3 is 2.28 bits per heavy atom. The number of carbonyl (C=O) groups is 1. The molecule has 0 bridgehead atoms. The van der Waals surface area contributed by atoms with E-state index < -0.39 is 17.2 Å². The predicted molar refractivity (Wildman–Crippen MR) is 138 cm³/mol. The van der Waals surface area contributed by atoms with Crippen molar-refractivity contribution in [3.63, 3.8) is 0 Å². The first-order valence-corrected chi connectivity index (χ1v) is 11.7. The van der Waals surface area contributed by atoms with Crippen LogP contribution >= 0.6 is 0 Å². The number of ether oxygens (including phenoxy) is 2. The molecule has 0 fully saturated rings. The molecule has 0 saturated carbocycles. The van der Waals surface area contributed by atoms with E-state index in [0.29, 0.717) is 29.2 Å². The van der Waals surface area contributed by atoms with Gasteiger partial charge in [0, 0.05) is 19.7 Å². The number of hydrogen-bond donors (Lipinski definition) is 0. The number of hydrogen-bond acceptors (Lipinski definition) is 6. The first-order chi connectivity index (χ1) is 17.2. The summed E-state index contributed by atoms with van der Waals surface area (Å²) in [5.74, 6) is 0.216. The van der Waals surface area contributed by atoms with Crippen molar-refractivity contribution in [2.45, 2.75) is 27.4 Å². The van der Waals surface area contributed by atoms with Crippen molar-refractivity contribution in [3.8, 4) is 16.9 Å².